The number of benzene rings is 3. The van der Waals surface area contributed by atoms with Gasteiger partial charge in [-0.1, -0.05) is 34.7 Å². The van der Waals surface area contributed by atoms with E-state index in [0.717, 1.165) is 12.1 Å². The van der Waals surface area contributed by atoms with Crippen LogP contribution >= 0.6 is 11.3 Å². The first-order chi connectivity index (χ1) is 19.7. The molecule has 4 N–H and O–H groups in total. The van der Waals surface area contributed by atoms with Gasteiger partial charge in [-0.05, 0) is 30.3 Å². The standard InChI is InChI=1S/C27H23F3N6O4S/c1-37-19-12-18(13-20(38-2)21(19)39-3)33-26-34-23(31)22(41-26)25-35-24(36-40-25)14-6-4-8-16(10-14)32-17-9-5-7-15(11-17)27(28,29)30/h4-13,32H,31H2,1-3H3,(H,33,34). The molecular weight excluding hydrogens is 561 g/mol. The molecule has 0 unspecified atom stereocenters. The first-order valence-corrected chi connectivity index (χ1v) is 12.7. The van der Waals surface area contributed by atoms with Crippen LogP contribution in [0, 0.1) is 0 Å². The first-order valence-electron chi connectivity index (χ1n) is 11.9. The lowest BCUT2D eigenvalue weighted by atomic mass is 10.1. The molecule has 5 rings (SSSR count). The Bertz CT molecular complexity index is 1660. The third-order valence-electron chi connectivity index (χ3n) is 5.79. The van der Waals surface area contributed by atoms with Gasteiger partial charge in [0.1, 0.15) is 10.7 Å². The van der Waals surface area contributed by atoms with Gasteiger partial charge in [0.2, 0.25) is 11.6 Å². The number of nitrogen functional groups attached to an aromatic ring is 1. The molecule has 2 heterocycles. The van der Waals surface area contributed by atoms with E-state index < -0.39 is 11.7 Å². The molecule has 0 amide bonds. The largest absolute Gasteiger partial charge is 0.493 e. The Morgan fingerprint density at radius 3 is 2.17 bits per heavy atom. The quantitative estimate of drug-likeness (QED) is 0.167. The Hall–Kier alpha value is -4.98. The summed E-state index contributed by atoms with van der Waals surface area (Å²) < 4.78 is 60.8. The lowest BCUT2D eigenvalue weighted by Crippen LogP contribution is -2.05. The molecule has 0 aliphatic rings. The number of halogens is 3. The Morgan fingerprint density at radius 1 is 0.829 bits per heavy atom. The van der Waals surface area contributed by atoms with Gasteiger partial charge in [-0.2, -0.15) is 18.2 Å². The molecule has 0 radical (unpaired) electrons. The summed E-state index contributed by atoms with van der Waals surface area (Å²) in [5, 5.41) is 10.6. The van der Waals surface area contributed by atoms with E-state index >= 15 is 0 Å². The van der Waals surface area contributed by atoms with E-state index in [1.807, 2.05) is 0 Å². The summed E-state index contributed by atoms with van der Waals surface area (Å²) in [6, 6.07) is 15.3. The van der Waals surface area contributed by atoms with Crippen LogP contribution in [-0.2, 0) is 6.18 Å². The van der Waals surface area contributed by atoms with Crippen LogP contribution in [0.25, 0.3) is 22.2 Å². The number of nitrogens with one attached hydrogen (secondary N) is 2. The molecule has 0 aliphatic carbocycles. The van der Waals surface area contributed by atoms with E-state index in [1.165, 1.54) is 38.7 Å². The molecule has 212 valence electrons. The Balaban J connectivity index is 1.36. The van der Waals surface area contributed by atoms with Crippen LogP contribution in [0.1, 0.15) is 5.56 Å². The van der Waals surface area contributed by atoms with Gasteiger partial charge in [-0.3, -0.25) is 0 Å². The highest BCUT2D eigenvalue weighted by Crippen LogP contribution is 2.42. The predicted octanol–water partition coefficient (Wildman–Crippen LogP) is 6.97. The van der Waals surface area contributed by atoms with E-state index in [2.05, 4.69) is 25.8 Å². The topological polar surface area (TPSA) is 130 Å². The second-order valence-corrected chi connectivity index (χ2v) is 9.48. The Morgan fingerprint density at radius 2 is 1.51 bits per heavy atom. The van der Waals surface area contributed by atoms with Gasteiger partial charge in [0, 0.05) is 34.8 Å². The van der Waals surface area contributed by atoms with Gasteiger partial charge in [-0.25, -0.2) is 4.98 Å². The molecule has 10 nitrogen and oxygen atoms in total. The zero-order valence-electron chi connectivity index (χ0n) is 21.9. The SMILES string of the molecule is COc1cc(Nc2nc(N)c(-c3nc(-c4cccc(Nc5cccc(C(F)(F)F)c5)c4)no3)s2)cc(OC)c1OC. The lowest BCUT2D eigenvalue weighted by molar-refractivity contribution is -0.137. The van der Waals surface area contributed by atoms with Gasteiger partial charge in [0.25, 0.3) is 5.89 Å². The molecule has 14 heteroatoms. The maximum atomic E-state index is 13.1. The maximum absolute atomic E-state index is 13.1. The number of rotatable bonds is 9. The van der Waals surface area contributed by atoms with Crippen LogP contribution in [0.4, 0.5) is 41.2 Å². The van der Waals surface area contributed by atoms with E-state index in [4.69, 9.17) is 24.5 Å². The normalized spacial score (nSPS) is 11.3. The van der Waals surface area contributed by atoms with Gasteiger partial charge in [0.05, 0.1) is 26.9 Å². The summed E-state index contributed by atoms with van der Waals surface area (Å²) in [7, 11) is 4.55. The monoisotopic (exact) mass is 584 g/mol. The van der Waals surface area contributed by atoms with Crippen molar-refractivity contribution < 1.29 is 31.9 Å². The van der Waals surface area contributed by atoms with Crippen LogP contribution in [0.2, 0.25) is 0 Å². The Labute approximate surface area is 235 Å². The summed E-state index contributed by atoms with van der Waals surface area (Å²) in [4.78, 5) is 9.27. The molecule has 0 bridgehead atoms. The number of nitrogens with two attached hydrogens (primary N) is 1. The van der Waals surface area contributed by atoms with Crippen molar-refractivity contribution in [2.45, 2.75) is 6.18 Å². The lowest BCUT2D eigenvalue weighted by Gasteiger charge is -2.14. The number of hydrogen-bond acceptors (Lipinski definition) is 11. The van der Waals surface area contributed by atoms with Crippen LogP contribution in [0.5, 0.6) is 17.2 Å². The minimum Gasteiger partial charge on any atom is -0.493 e. The number of hydrogen-bond donors (Lipinski definition) is 3. The van der Waals surface area contributed by atoms with Gasteiger partial charge >= 0.3 is 6.18 Å². The molecule has 5 aromatic rings. The molecule has 0 spiro atoms. The number of thiazole rings is 1. The Kier molecular flexibility index (Phi) is 7.57. The van der Waals surface area contributed by atoms with Gasteiger partial charge in [-0.15, -0.1) is 0 Å². The number of methoxy groups -OCH3 is 3. The average Bonchev–Trinajstić information content (AvgIpc) is 3.59. The molecule has 0 saturated carbocycles. The van der Waals surface area contributed by atoms with Crippen molar-refractivity contribution >= 4 is 39.3 Å². The number of aromatic nitrogens is 3. The van der Waals surface area contributed by atoms with E-state index in [-0.39, 0.29) is 23.2 Å². The van der Waals surface area contributed by atoms with Crippen LogP contribution in [0.3, 0.4) is 0 Å². The van der Waals surface area contributed by atoms with Crippen molar-refractivity contribution in [2.75, 3.05) is 37.7 Å². The summed E-state index contributed by atoms with van der Waals surface area (Å²) in [5.41, 5.74) is 7.44. The first kappa shape index (κ1) is 27.6. The van der Waals surface area contributed by atoms with Crippen molar-refractivity contribution in [3.8, 4) is 39.4 Å². The third kappa shape index (κ3) is 5.96. The second-order valence-electron chi connectivity index (χ2n) is 8.48. The highest BCUT2D eigenvalue weighted by molar-refractivity contribution is 7.19. The number of nitrogens with zero attached hydrogens (tertiary/aromatic N) is 3. The molecule has 0 fully saturated rings. The smallest absolute Gasteiger partial charge is 0.416 e. The second kappa shape index (κ2) is 11.3. The fourth-order valence-electron chi connectivity index (χ4n) is 3.92. The van der Waals surface area contributed by atoms with Gasteiger partial charge < -0.3 is 35.1 Å². The van der Waals surface area contributed by atoms with Gasteiger partial charge in [0.15, 0.2) is 16.6 Å². The van der Waals surface area contributed by atoms with E-state index in [1.54, 1.807) is 42.5 Å². The average molecular weight is 585 g/mol. The highest BCUT2D eigenvalue weighted by Gasteiger charge is 2.30. The minimum absolute atomic E-state index is 0.157. The minimum atomic E-state index is -4.44. The maximum Gasteiger partial charge on any atom is 0.416 e. The number of alkyl halides is 3. The zero-order chi connectivity index (χ0) is 29.1. The molecular formula is C27H23F3N6O4S. The summed E-state index contributed by atoms with van der Waals surface area (Å²) in [6.45, 7) is 0. The van der Waals surface area contributed by atoms with Crippen LogP contribution in [-0.4, -0.2) is 36.5 Å². The van der Waals surface area contributed by atoms with Crippen LogP contribution in [0.15, 0.2) is 65.2 Å². The molecule has 0 aliphatic heterocycles. The van der Waals surface area contributed by atoms with E-state index in [9.17, 15) is 13.2 Å². The fraction of sp³-hybridized carbons (Fsp3) is 0.148. The van der Waals surface area contributed by atoms with Crippen molar-refractivity contribution in [3.63, 3.8) is 0 Å². The highest BCUT2D eigenvalue weighted by atomic mass is 32.1. The zero-order valence-corrected chi connectivity index (χ0v) is 22.7. The fourth-order valence-corrected chi connectivity index (χ4v) is 4.75. The molecule has 2 aromatic heterocycles. The molecule has 41 heavy (non-hydrogen) atoms. The third-order valence-corrected chi connectivity index (χ3v) is 6.76. The predicted molar refractivity (Wildman–Crippen MR) is 149 cm³/mol. The van der Waals surface area contributed by atoms with E-state index in [0.29, 0.717) is 44.2 Å². The molecule has 3 aromatic carbocycles. The summed E-state index contributed by atoms with van der Waals surface area (Å²) in [6.07, 6.45) is -4.44. The molecule has 0 saturated heterocycles. The number of anilines is 5. The summed E-state index contributed by atoms with van der Waals surface area (Å²) >= 11 is 1.20. The van der Waals surface area contributed by atoms with Crippen molar-refractivity contribution in [1.82, 2.24) is 15.1 Å². The van der Waals surface area contributed by atoms with Crippen molar-refractivity contribution in [3.05, 3.63) is 66.2 Å². The number of ether oxygens (including phenoxy) is 3. The summed E-state index contributed by atoms with van der Waals surface area (Å²) in [5.74, 6) is 1.98. The van der Waals surface area contributed by atoms with Crippen molar-refractivity contribution in [1.29, 1.82) is 0 Å². The molecule has 0 atom stereocenters. The van der Waals surface area contributed by atoms with Crippen LogP contribution < -0.4 is 30.6 Å². The van der Waals surface area contributed by atoms with Crippen molar-refractivity contribution in [2.24, 2.45) is 0 Å².